The lowest BCUT2D eigenvalue weighted by molar-refractivity contribution is 0.472. The lowest BCUT2D eigenvalue weighted by atomic mass is 10.1. The maximum absolute atomic E-state index is 4.67. The zero-order valence-electron chi connectivity index (χ0n) is 12.9. The van der Waals surface area contributed by atoms with Crippen LogP contribution in [0.25, 0.3) is 0 Å². The van der Waals surface area contributed by atoms with E-state index in [2.05, 4.69) is 74.2 Å². The molecule has 0 fully saturated rings. The highest BCUT2D eigenvalue weighted by atomic mass is 15.3. The average Bonchev–Trinajstić information content (AvgIpc) is 2.37. The van der Waals surface area contributed by atoms with E-state index in [0.717, 1.165) is 25.6 Å². The predicted octanol–water partition coefficient (Wildman–Crippen LogP) is 3.05. The molecule has 1 aromatic rings. The molecule has 0 heterocycles. The number of hydrogen-bond donors (Lipinski definition) is 1. The third-order valence-corrected chi connectivity index (χ3v) is 2.97. The molecule has 19 heavy (non-hydrogen) atoms. The van der Waals surface area contributed by atoms with E-state index in [-0.39, 0.29) is 0 Å². The summed E-state index contributed by atoms with van der Waals surface area (Å²) >= 11 is 0. The van der Waals surface area contributed by atoms with E-state index >= 15 is 0 Å². The molecule has 106 valence electrons. The molecule has 1 rings (SSSR count). The summed E-state index contributed by atoms with van der Waals surface area (Å²) in [5.41, 5.74) is 2.68. The third kappa shape index (κ3) is 5.33. The van der Waals surface area contributed by atoms with Crippen LogP contribution in [0.15, 0.2) is 29.3 Å². The number of nitrogens with one attached hydrogen (secondary N) is 1. The number of rotatable bonds is 5. The highest BCUT2D eigenvalue weighted by molar-refractivity contribution is 5.79. The van der Waals surface area contributed by atoms with Crippen LogP contribution in [0, 0.1) is 12.8 Å². The van der Waals surface area contributed by atoms with Gasteiger partial charge >= 0.3 is 0 Å². The molecule has 0 unspecified atom stereocenters. The second-order valence-electron chi connectivity index (χ2n) is 5.37. The number of aliphatic imine (C=N–C) groups is 1. The Labute approximate surface area is 117 Å². The van der Waals surface area contributed by atoms with Crippen molar-refractivity contribution in [1.29, 1.82) is 0 Å². The minimum atomic E-state index is 0.584. The Bertz CT molecular complexity index is 410. The molecule has 0 atom stereocenters. The second kappa shape index (κ2) is 7.82. The van der Waals surface area contributed by atoms with E-state index in [9.17, 15) is 0 Å². The molecule has 0 aliphatic carbocycles. The van der Waals surface area contributed by atoms with Crippen molar-refractivity contribution in [3.63, 3.8) is 0 Å². The molecular weight excluding hydrogens is 234 g/mol. The number of guanidine groups is 1. The van der Waals surface area contributed by atoms with E-state index in [1.165, 1.54) is 11.1 Å². The average molecular weight is 261 g/mol. The Morgan fingerprint density at radius 2 is 2.00 bits per heavy atom. The lowest BCUT2D eigenvalue weighted by Crippen LogP contribution is -2.38. The van der Waals surface area contributed by atoms with E-state index in [4.69, 9.17) is 0 Å². The van der Waals surface area contributed by atoms with Crippen LogP contribution < -0.4 is 5.32 Å². The van der Waals surface area contributed by atoms with E-state index in [0.29, 0.717) is 5.92 Å². The van der Waals surface area contributed by atoms with Gasteiger partial charge in [-0.15, -0.1) is 0 Å². The fraction of sp³-hybridized carbons (Fsp3) is 0.562. The topological polar surface area (TPSA) is 27.6 Å². The van der Waals surface area contributed by atoms with Gasteiger partial charge in [-0.2, -0.15) is 0 Å². The smallest absolute Gasteiger partial charge is 0.193 e. The Hall–Kier alpha value is -1.51. The van der Waals surface area contributed by atoms with Gasteiger partial charge in [-0.1, -0.05) is 38.1 Å². The Morgan fingerprint density at radius 3 is 2.58 bits per heavy atom. The van der Waals surface area contributed by atoms with Gasteiger partial charge in [-0.3, -0.25) is 4.99 Å². The van der Waals surface area contributed by atoms with Crippen molar-refractivity contribution < 1.29 is 0 Å². The molecule has 0 amide bonds. The van der Waals surface area contributed by atoms with Crippen molar-refractivity contribution in [3.8, 4) is 0 Å². The molecule has 1 aromatic carbocycles. The van der Waals surface area contributed by atoms with Crippen LogP contribution in [0.4, 0.5) is 0 Å². The normalized spacial score (nSPS) is 11.8. The van der Waals surface area contributed by atoms with Gasteiger partial charge in [-0.25, -0.2) is 0 Å². The highest BCUT2D eigenvalue weighted by Gasteiger charge is 2.07. The van der Waals surface area contributed by atoms with Crippen molar-refractivity contribution >= 4 is 5.96 Å². The molecule has 3 heteroatoms. The SMILES string of the molecule is CCNC(=NCC(C)C)N(C)Cc1ccccc1C. The van der Waals surface area contributed by atoms with E-state index in [1.54, 1.807) is 0 Å². The van der Waals surface area contributed by atoms with Gasteiger partial charge in [0.05, 0.1) is 0 Å². The molecule has 0 saturated carbocycles. The molecule has 0 aromatic heterocycles. The number of aryl methyl sites for hydroxylation is 1. The Kier molecular flexibility index (Phi) is 6.40. The predicted molar refractivity (Wildman–Crippen MR) is 83.5 cm³/mol. The summed E-state index contributed by atoms with van der Waals surface area (Å²) in [5, 5.41) is 3.35. The minimum absolute atomic E-state index is 0.584. The first kappa shape index (κ1) is 15.5. The summed E-state index contributed by atoms with van der Waals surface area (Å²) in [7, 11) is 2.09. The molecule has 0 aliphatic rings. The number of benzene rings is 1. The molecule has 1 N–H and O–H groups in total. The van der Waals surface area contributed by atoms with Gasteiger partial charge in [-0.05, 0) is 30.9 Å². The summed E-state index contributed by atoms with van der Waals surface area (Å²) in [4.78, 5) is 6.86. The van der Waals surface area contributed by atoms with Crippen molar-refractivity contribution in [2.24, 2.45) is 10.9 Å². The molecular formula is C16H27N3. The molecule has 0 radical (unpaired) electrons. The first-order valence-electron chi connectivity index (χ1n) is 7.08. The monoisotopic (exact) mass is 261 g/mol. The quantitative estimate of drug-likeness (QED) is 0.651. The molecule has 3 nitrogen and oxygen atoms in total. The van der Waals surface area contributed by atoms with Crippen molar-refractivity contribution in [2.75, 3.05) is 20.1 Å². The van der Waals surface area contributed by atoms with Crippen LogP contribution in [-0.4, -0.2) is 31.0 Å². The van der Waals surface area contributed by atoms with Crippen LogP contribution in [-0.2, 0) is 6.54 Å². The summed E-state index contributed by atoms with van der Waals surface area (Å²) in [6, 6.07) is 8.50. The third-order valence-electron chi connectivity index (χ3n) is 2.97. The minimum Gasteiger partial charge on any atom is -0.357 e. The van der Waals surface area contributed by atoms with Gasteiger partial charge in [0.1, 0.15) is 0 Å². The number of nitrogens with zero attached hydrogens (tertiary/aromatic N) is 2. The molecule has 0 saturated heterocycles. The van der Waals surface area contributed by atoms with E-state index < -0.39 is 0 Å². The highest BCUT2D eigenvalue weighted by Crippen LogP contribution is 2.09. The van der Waals surface area contributed by atoms with Crippen LogP contribution in [0.2, 0.25) is 0 Å². The van der Waals surface area contributed by atoms with Crippen LogP contribution in [0.1, 0.15) is 31.9 Å². The molecule has 0 aliphatic heterocycles. The maximum atomic E-state index is 4.67. The molecule has 0 bridgehead atoms. The lowest BCUT2D eigenvalue weighted by Gasteiger charge is -2.23. The number of hydrogen-bond acceptors (Lipinski definition) is 1. The summed E-state index contributed by atoms with van der Waals surface area (Å²) < 4.78 is 0. The Morgan fingerprint density at radius 1 is 1.32 bits per heavy atom. The van der Waals surface area contributed by atoms with Gasteiger partial charge in [0.25, 0.3) is 0 Å². The maximum Gasteiger partial charge on any atom is 0.193 e. The Balaban J connectivity index is 2.74. The zero-order valence-corrected chi connectivity index (χ0v) is 12.9. The van der Waals surface area contributed by atoms with E-state index in [1.807, 2.05) is 0 Å². The van der Waals surface area contributed by atoms with Gasteiger partial charge < -0.3 is 10.2 Å². The summed E-state index contributed by atoms with van der Waals surface area (Å²) in [5.74, 6) is 1.57. The molecule has 0 spiro atoms. The van der Waals surface area contributed by atoms with Crippen LogP contribution in [0.5, 0.6) is 0 Å². The summed E-state index contributed by atoms with van der Waals surface area (Å²) in [6.07, 6.45) is 0. The van der Waals surface area contributed by atoms with Gasteiger partial charge in [0.2, 0.25) is 0 Å². The fourth-order valence-electron chi connectivity index (χ4n) is 1.86. The van der Waals surface area contributed by atoms with Crippen molar-refractivity contribution in [1.82, 2.24) is 10.2 Å². The fourth-order valence-corrected chi connectivity index (χ4v) is 1.86. The van der Waals surface area contributed by atoms with Gasteiger partial charge in [0.15, 0.2) is 5.96 Å². The summed E-state index contributed by atoms with van der Waals surface area (Å²) in [6.45, 7) is 11.3. The largest absolute Gasteiger partial charge is 0.357 e. The van der Waals surface area contributed by atoms with Crippen LogP contribution >= 0.6 is 0 Å². The van der Waals surface area contributed by atoms with Crippen LogP contribution in [0.3, 0.4) is 0 Å². The van der Waals surface area contributed by atoms with Crippen molar-refractivity contribution in [3.05, 3.63) is 35.4 Å². The van der Waals surface area contributed by atoms with Gasteiger partial charge in [0, 0.05) is 26.7 Å². The standard InChI is InChI=1S/C16H27N3/c1-6-17-16(18-11-13(2)3)19(5)12-15-10-8-7-9-14(15)4/h7-10,13H,6,11-12H2,1-5H3,(H,17,18). The zero-order chi connectivity index (χ0) is 14.3. The van der Waals surface area contributed by atoms with Crippen molar-refractivity contribution in [2.45, 2.75) is 34.2 Å². The second-order valence-corrected chi connectivity index (χ2v) is 5.37. The first-order chi connectivity index (χ1) is 9.04. The first-order valence-corrected chi connectivity index (χ1v) is 7.08.